The fourth-order valence-electron chi connectivity index (χ4n) is 2.62. The molecule has 3 rings (SSSR count). The number of fused-ring (bicyclic) bond motifs is 1. The maximum Gasteiger partial charge on any atom is 0.199 e. The highest BCUT2D eigenvalue weighted by molar-refractivity contribution is 6.44. The molecular weight excluding hydrogens is 302 g/mol. The van der Waals surface area contributed by atoms with Crippen molar-refractivity contribution in [1.82, 2.24) is 9.97 Å². The zero-order chi connectivity index (χ0) is 17.1. The van der Waals surface area contributed by atoms with Crippen molar-refractivity contribution in [2.75, 3.05) is 7.05 Å². The number of hydrogen-bond acceptors (Lipinski definition) is 4. The molecule has 0 bridgehead atoms. The second-order valence-electron chi connectivity index (χ2n) is 5.90. The average Bonchev–Trinajstić information content (AvgIpc) is 3.10. The van der Waals surface area contributed by atoms with E-state index in [9.17, 15) is 9.59 Å². The van der Waals surface area contributed by atoms with Crippen LogP contribution in [0.15, 0.2) is 53.3 Å². The van der Waals surface area contributed by atoms with Crippen LogP contribution >= 0.6 is 0 Å². The lowest BCUT2D eigenvalue weighted by Crippen LogP contribution is -2.12. The Kier molecular flexibility index (Phi) is 4.51. The van der Waals surface area contributed by atoms with Crippen LogP contribution in [0.25, 0.3) is 11.0 Å². The minimum atomic E-state index is -0.214. The lowest BCUT2D eigenvalue weighted by atomic mass is 10.1. The summed E-state index contributed by atoms with van der Waals surface area (Å²) in [6, 6.07) is 5.21. The van der Waals surface area contributed by atoms with Gasteiger partial charge in [-0.05, 0) is 49.1 Å². The summed E-state index contributed by atoms with van der Waals surface area (Å²) in [4.78, 5) is 35.6. The van der Waals surface area contributed by atoms with Crippen LogP contribution in [0, 0.1) is 5.92 Å². The second-order valence-corrected chi connectivity index (χ2v) is 5.90. The van der Waals surface area contributed by atoms with Gasteiger partial charge in [-0.25, -0.2) is 4.98 Å². The van der Waals surface area contributed by atoms with E-state index >= 15 is 0 Å². The predicted molar refractivity (Wildman–Crippen MR) is 94.4 cm³/mol. The van der Waals surface area contributed by atoms with E-state index in [4.69, 9.17) is 0 Å². The number of carbonyl (C=O) groups is 2. The number of rotatable bonds is 7. The molecular formula is C19H19N3O2. The molecule has 2 aromatic rings. The lowest BCUT2D eigenvalue weighted by molar-refractivity contribution is -0.109. The molecule has 0 fully saturated rings. The minimum absolute atomic E-state index is 0.206. The van der Waals surface area contributed by atoms with Crippen molar-refractivity contribution in [2.45, 2.75) is 19.8 Å². The summed E-state index contributed by atoms with van der Waals surface area (Å²) in [6.07, 6.45) is 7.86. The molecule has 1 aliphatic carbocycles. The Morgan fingerprint density at radius 2 is 2.12 bits per heavy atom. The number of aromatic amines is 1. The van der Waals surface area contributed by atoms with Crippen molar-refractivity contribution in [1.29, 1.82) is 0 Å². The van der Waals surface area contributed by atoms with Gasteiger partial charge in [0.1, 0.15) is 0 Å². The Morgan fingerprint density at radius 3 is 2.83 bits per heavy atom. The van der Waals surface area contributed by atoms with Crippen LogP contribution in [0.3, 0.4) is 0 Å². The first-order valence-electron chi connectivity index (χ1n) is 7.94. The molecule has 0 saturated heterocycles. The monoisotopic (exact) mass is 321 g/mol. The Hall–Kier alpha value is -2.82. The highest BCUT2D eigenvalue weighted by Crippen LogP contribution is 2.31. The van der Waals surface area contributed by atoms with Crippen molar-refractivity contribution in [3.8, 4) is 0 Å². The average molecular weight is 321 g/mol. The largest absolute Gasteiger partial charge is 0.345 e. The molecule has 0 saturated carbocycles. The summed E-state index contributed by atoms with van der Waals surface area (Å²) < 4.78 is 0. The molecule has 0 radical (unpaired) electrons. The topological polar surface area (TPSA) is 75.2 Å². The molecule has 1 heterocycles. The van der Waals surface area contributed by atoms with E-state index in [1.807, 2.05) is 0 Å². The minimum Gasteiger partial charge on any atom is -0.345 e. The van der Waals surface area contributed by atoms with Crippen LogP contribution in [0.4, 0.5) is 0 Å². The second kappa shape index (κ2) is 6.74. The van der Waals surface area contributed by atoms with Gasteiger partial charge in [0.2, 0.25) is 0 Å². The number of H-pyrrole nitrogens is 1. The van der Waals surface area contributed by atoms with Gasteiger partial charge in [-0.2, -0.15) is 0 Å². The first-order valence-corrected chi connectivity index (χ1v) is 7.94. The van der Waals surface area contributed by atoms with Crippen molar-refractivity contribution >= 4 is 28.3 Å². The normalized spacial score (nSPS) is 17.3. The summed E-state index contributed by atoms with van der Waals surface area (Å²) >= 11 is 0. The summed E-state index contributed by atoms with van der Waals surface area (Å²) in [5.74, 6) is 0.143. The zero-order valence-electron chi connectivity index (χ0n) is 13.7. The molecule has 1 aromatic carbocycles. The molecule has 24 heavy (non-hydrogen) atoms. The number of ketones is 2. The Balaban J connectivity index is 1.63. The zero-order valence-corrected chi connectivity index (χ0v) is 13.7. The van der Waals surface area contributed by atoms with Gasteiger partial charge in [0.15, 0.2) is 11.6 Å². The third kappa shape index (κ3) is 3.56. The van der Waals surface area contributed by atoms with E-state index in [0.717, 1.165) is 17.5 Å². The first-order chi connectivity index (χ1) is 11.6. The Morgan fingerprint density at radius 1 is 1.33 bits per heavy atom. The van der Waals surface area contributed by atoms with Crippen LogP contribution in [0.1, 0.15) is 30.1 Å². The molecule has 5 heteroatoms. The number of carbonyl (C=O) groups excluding carboxylic acids is 2. The third-order valence-corrected chi connectivity index (χ3v) is 4.24. The Bertz CT molecular complexity index is 887. The number of allylic oxidation sites excluding steroid dienone is 4. The van der Waals surface area contributed by atoms with Gasteiger partial charge in [-0.3, -0.25) is 14.6 Å². The SMILES string of the molecule is CN=C(CCC1=CC1C)C(=O)/C=C/C(=O)c1ccc2nc[nH]c2c1. The number of hydrogen-bond donors (Lipinski definition) is 1. The molecule has 1 atom stereocenters. The predicted octanol–water partition coefficient (Wildman–Crippen LogP) is 3.30. The fourth-order valence-corrected chi connectivity index (χ4v) is 2.62. The van der Waals surface area contributed by atoms with Crippen LogP contribution in [-0.4, -0.2) is 34.3 Å². The van der Waals surface area contributed by atoms with Crippen molar-refractivity contribution in [3.63, 3.8) is 0 Å². The van der Waals surface area contributed by atoms with Crippen LogP contribution in [0.2, 0.25) is 0 Å². The van der Waals surface area contributed by atoms with E-state index < -0.39 is 0 Å². The smallest absolute Gasteiger partial charge is 0.199 e. The van der Waals surface area contributed by atoms with Crippen molar-refractivity contribution < 1.29 is 9.59 Å². The van der Waals surface area contributed by atoms with Crippen LogP contribution in [0.5, 0.6) is 0 Å². The standard InChI is InChI=1S/C19H19N3O2/c1-12-9-13(12)3-6-16(20-2)19(24)8-7-18(23)14-4-5-15-17(10-14)22-11-21-15/h4-5,7-12H,3,6H2,1-2H3,(H,21,22)/b8-7+,20-16?. The lowest BCUT2D eigenvalue weighted by Gasteiger charge is -2.00. The quantitative estimate of drug-likeness (QED) is 0.368. The number of nitrogens with one attached hydrogen (secondary N) is 1. The maximum atomic E-state index is 12.2. The van der Waals surface area contributed by atoms with Gasteiger partial charge >= 0.3 is 0 Å². The van der Waals surface area contributed by atoms with Gasteiger partial charge in [-0.15, -0.1) is 0 Å². The van der Waals surface area contributed by atoms with E-state index in [0.29, 0.717) is 23.6 Å². The molecule has 122 valence electrons. The van der Waals surface area contributed by atoms with Gasteiger partial charge < -0.3 is 4.98 Å². The van der Waals surface area contributed by atoms with Crippen molar-refractivity contribution in [3.05, 3.63) is 53.9 Å². The molecule has 5 nitrogen and oxygen atoms in total. The van der Waals surface area contributed by atoms with Crippen LogP contribution < -0.4 is 0 Å². The Labute approximate surface area is 140 Å². The van der Waals surface area contributed by atoms with E-state index in [1.54, 1.807) is 31.6 Å². The molecule has 0 spiro atoms. The summed E-state index contributed by atoms with van der Waals surface area (Å²) in [5.41, 5.74) is 3.99. The molecule has 0 aliphatic heterocycles. The molecule has 1 N–H and O–H groups in total. The van der Waals surface area contributed by atoms with Gasteiger partial charge in [0.05, 0.1) is 23.1 Å². The highest BCUT2D eigenvalue weighted by Gasteiger charge is 2.20. The molecule has 1 aromatic heterocycles. The summed E-state index contributed by atoms with van der Waals surface area (Å²) in [5, 5.41) is 0. The van der Waals surface area contributed by atoms with Crippen molar-refractivity contribution in [2.24, 2.45) is 10.9 Å². The number of aromatic nitrogens is 2. The number of imidazole rings is 1. The summed E-state index contributed by atoms with van der Waals surface area (Å²) in [7, 11) is 1.61. The first kappa shape index (κ1) is 16.1. The number of benzene rings is 1. The fraction of sp³-hybridized carbons (Fsp3) is 0.263. The van der Waals surface area contributed by atoms with E-state index in [1.165, 1.54) is 17.7 Å². The summed E-state index contributed by atoms with van der Waals surface area (Å²) in [6.45, 7) is 2.13. The van der Waals surface area contributed by atoms with Crippen LogP contribution in [-0.2, 0) is 4.79 Å². The number of aliphatic imine (C=N–C) groups is 1. The van der Waals surface area contributed by atoms with Gasteiger partial charge in [0, 0.05) is 12.6 Å². The highest BCUT2D eigenvalue weighted by atomic mass is 16.1. The molecule has 0 amide bonds. The van der Waals surface area contributed by atoms with Gasteiger partial charge in [-0.1, -0.05) is 18.6 Å². The van der Waals surface area contributed by atoms with E-state index in [-0.39, 0.29) is 11.6 Å². The third-order valence-electron chi connectivity index (χ3n) is 4.24. The molecule has 1 aliphatic rings. The molecule has 1 unspecified atom stereocenters. The maximum absolute atomic E-state index is 12.2. The van der Waals surface area contributed by atoms with Gasteiger partial charge in [0.25, 0.3) is 0 Å². The number of nitrogens with zero attached hydrogens (tertiary/aromatic N) is 2. The van der Waals surface area contributed by atoms with E-state index in [2.05, 4.69) is 28.0 Å².